The number of carboxylic acid groups (broad SMARTS) is 1. The topological polar surface area (TPSA) is 206 Å². The van der Waals surface area contributed by atoms with Gasteiger partial charge in [0.1, 0.15) is 17.1 Å². The van der Waals surface area contributed by atoms with Gasteiger partial charge in [0, 0.05) is 43.5 Å². The summed E-state index contributed by atoms with van der Waals surface area (Å²) in [5, 5.41) is 18.8. The van der Waals surface area contributed by atoms with Gasteiger partial charge in [-0.3, -0.25) is 24.5 Å². The summed E-state index contributed by atoms with van der Waals surface area (Å²) in [6, 6.07) is 9.07. The van der Waals surface area contributed by atoms with Gasteiger partial charge >= 0.3 is 18.1 Å². The third-order valence-corrected chi connectivity index (χ3v) is 8.98. The molecular weight excluding hydrogens is 774 g/mol. The first-order valence-corrected chi connectivity index (χ1v) is 18.2. The van der Waals surface area contributed by atoms with Crippen LogP contribution in [-0.2, 0) is 30.0 Å². The van der Waals surface area contributed by atoms with Crippen molar-refractivity contribution in [2.45, 2.75) is 39.3 Å². The standard InChI is InChI=1S/C35H44N8O6S.C2HF3O2/c1-21(2)9-14-28-29(33(47)36-15-8-16-41(3)4)39-35(50-28)40-32(46)27-18-25(20-43(27)6)38-31(45)26-17-24(19-42(26)5)37-30(44)22-10-12-23(13-11-22)34(48)49-7;3-2(4,5)1(6)7/h10-13,17-21H,8-9,14-16H2,1-7H3,(H,36,47)(H,37,44)(H,38,45)(H,39,40,46);(H,6,7). The van der Waals surface area contributed by atoms with Crippen LogP contribution in [0.2, 0.25) is 0 Å². The van der Waals surface area contributed by atoms with Crippen LogP contribution < -0.4 is 21.3 Å². The van der Waals surface area contributed by atoms with Crippen molar-refractivity contribution >= 4 is 63.4 Å². The minimum Gasteiger partial charge on any atom is -0.475 e. The minimum atomic E-state index is -5.08. The SMILES string of the molecule is COC(=O)c1ccc(C(=O)Nc2cc(C(=O)Nc3cc(C(=O)Nc4nc(C(=O)NCCCN(C)C)c(CCC(C)C)s4)n(C)c3)n(C)c2)cc1.O=C(O)C(F)(F)F. The molecule has 0 atom stereocenters. The van der Waals surface area contributed by atoms with Crippen LogP contribution in [0.5, 0.6) is 0 Å². The summed E-state index contributed by atoms with van der Waals surface area (Å²) in [7, 11) is 8.59. The highest BCUT2D eigenvalue weighted by Gasteiger charge is 2.38. The Kier molecular flexibility index (Phi) is 16.1. The molecule has 0 fully saturated rings. The molecule has 308 valence electrons. The molecule has 0 spiro atoms. The zero-order valence-corrected chi connectivity index (χ0v) is 33.2. The van der Waals surface area contributed by atoms with Crippen molar-refractivity contribution < 1.29 is 51.8 Å². The smallest absolute Gasteiger partial charge is 0.475 e. The van der Waals surface area contributed by atoms with Crippen LogP contribution in [-0.4, -0.2) is 100 Å². The van der Waals surface area contributed by atoms with Crippen LogP contribution in [0.4, 0.5) is 29.7 Å². The van der Waals surface area contributed by atoms with Crippen molar-refractivity contribution in [3.8, 4) is 0 Å². The molecule has 0 saturated carbocycles. The van der Waals surface area contributed by atoms with Crippen LogP contribution in [0.3, 0.4) is 0 Å². The lowest BCUT2D eigenvalue weighted by Crippen LogP contribution is -2.28. The molecule has 0 radical (unpaired) electrons. The predicted octanol–water partition coefficient (Wildman–Crippen LogP) is 5.27. The van der Waals surface area contributed by atoms with Gasteiger partial charge in [0.05, 0.1) is 24.0 Å². The molecule has 4 rings (SSSR count). The van der Waals surface area contributed by atoms with E-state index in [4.69, 9.17) is 9.90 Å². The van der Waals surface area contributed by atoms with Gasteiger partial charge in [0.25, 0.3) is 23.6 Å². The maximum absolute atomic E-state index is 13.3. The number of aryl methyl sites for hydroxylation is 3. The zero-order chi connectivity index (χ0) is 42.6. The Morgan fingerprint density at radius 3 is 1.86 bits per heavy atom. The molecule has 0 aliphatic rings. The molecule has 4 aromatic rings. The van der Waals surface area contributed by atoms with E-state index in [1.807, 2.05) is 14.1 Å². The molecule has 5 N–H and O–H groups in total. The molecular formula is C37H45F3N8O8S. The Hall–Kier alpha value is -6.02. The maximum Gasteiger partial charge on any atom is 0.490 e. The van der Waals surface area contributed by atoms with Crippen molar-refractivity contribution in [1.82, 2.24) is 24.3 Å². The van der Waals surface area contributed by atoms with Gasteiger partial charge < -0.3 is 39.8 Å². The van der Waals surface area contributed by atoms with Crippen molar-refractivity contribution in [3.05, 3.63) is 81.9 Å². The van der Waals surface area contributed by atoms with E-state index in [0.29, 0.717) is 52.2 Å². The fourth-order valence-electron chi connectivity index (χ4n) is 5.01. The molecule has 3 heterocycles. The summed E-state index contributed by atoms with van der Waals surface area (Å²) in [6.45, 7) is 5.59. The monoisotopic (exact) mass is 818 g/mol. The molecule has 20 heteroatoms. The average Bonchev–Trinajstić information content (AvgIpc) is 3.83. The summed E-state index contributed by atoms with van der Waals surface area (Å²) in [5.41, 5.74) is 2.28. The van der Waals surface area contributed by atoms with Crippen LogP contribution >= 0.6 is 11.3 Å². The fraction of sp³-hybridized carbons (Fsp3) is 0.378. The molecule has 4 amide bonds. The molecule has 0 aliphatic heterocycles. The molecule has 16 nitrogen and oxygen atoms in total. The number of esters is 1. The summed E-state index contributed by atoms with van der Waals surface area (Å²) >= 11 is 1.28. The Morgan fingerprint density at radius 1 is 0.860 bits per heavy atom. The second-order valence-electron chi connectivity index (χ2n) is 13.3. The van der Waals surface area contributed by atoms with Gasteiger partial charge in [0.15, 0.2) is 5.13 Å². The second kappa shape index (κ2) is 20.2. The summed E-state index contributed by atoms with van der Waals surface area (Å²) < 4.78 is 39.6. The lowest BCUT2D eigenvalue weighted by molar-refractivity contribution is -0.192. The molecule has 1 aromatic carbocycles. The first-order valence-electron chi connectivity index (χ1n) is 17.4. The normalized spacial score (nSPS) is 11.1. The number of benzene rings is 1. The third-order valence-electron chi connectivity index (χ3n) is 7.95. The van der Waals surface area contributed by atoms with Gasteiger partial charge in [-0.15, -0.1) is 11.3 Å². The number of thiazole rings is 1. The van der Waals surface area contributed by atoms with Gasteiger partial charge in [-0.2, -0.15) is 13.2 Å². The van der Waals surface area contributed by atoms with Crippen LogP contribution in [0.15, 0.2) is 48.8 Å². The van der Waals surface area contributed by atoms with Crippen molar-refractivity contribution in [1.29, 1.82) is 0 Å². The Balaban J connectivity index is 0.00000113. The summed E-state index contributed by atoms with van der Waals surface area (Å²) in [5.74, 6) is -4.41. The number of alkyl halides is 3. The number of methoxy groups -OCH3 is 1. The van der Waals surface area contributed by atoms with Crippen molar-refractivity contribution in [2.75, 3.05) is 50.2 Å². The molecule has 3 aromatic heterocycles. The van der Waals surface area contributed by atoms with Crippen molar-refractivity contribution in [2.24, 2.45) is 20.0 Å². The molecule has 0 aliphatic carbocycles. The molecule has 0 saturated heterocycles. The largest absolute Gasteiger partial charge is 0.490 e. The number of hydrogen-bond donors (Lipinski definition) is 5. The maximum atomic E-state index is 13.3. The highest BCUT2D eigenvalue weighted by atomic mass is 32.1. The first kappa shape index (κ1) is 45.4. The van der Waals surface area contributed by atoms with E-state index in [0.717, 1.165) is 24.3 Å². The summed E-state index contributed by atoms with van der Waals surface area (Å²) in [6.07, 6.45) is 0.470. The fourth-order valence-corrected chi connectivity index (χ4v) is 5.97. The minimum absolute atomic E-state index is 0.263. The number of rotatable bonds is 15. The Morgan fingerprint density at radius 2 is 1.37 bits per heavy atom. The highest BCUT2D eigenvalue weighted by molar-refractivity contribution is 7.16. The Bertz CT molecular complexity index is 2070. The van der Waals surface area contributed by atoms with Crippen molar-refractivity contribution in [3.63, 3.8) is 0 Å². The van der Waals surface area contributed by atoms with E-state index in [1.54, 1.807) is 41.7 Å². The van der Waals surface area contributed by atoms with Gasteiger partial charge in [-0.1, -0.05) is 13.8 Å². The van der Waals surface area contributed by atoms with E-state index in [1.165, 1.54) is 48.8 Å². The Labute approximate surface area is 330 Å². The van der Waals surface area contributed by atoms with E-state index >= 15 is 0 Å². The van der Waals surface area contributed by atoms with E-state index < -0.39 is 35.8 Å². The average molecular weight is 819 g/mol. The summed E-state index contributed by atoms with van der Waals surface area (Å²) in [4.78, 5) is 80.2. The number of nitrogens with zero attached hydrogens (tertiary/aromatic N) is 4. The van der Waals surface area contributed by atoms with Gasteiger partial charge in [-0.25, -0.2) is 14.6 Å². The number of carbonyl (C=O) groups is 6. The van der Waals surface area contributed by atoms with E-state index in [9.17, 15) is 37.1 Å². The number of aromatic nitrogens is 3. The number of halogens is 3. The van der Waals surface area contributed by atoms with Gasteiger partial charge in [-0.05, 0) is 82.2 Å². The van der Waals surface area contributed by atoms with E-state index in [2.05, 4.69) is 49.7 Å². The lowest BCUT2D eigenvalue weighted by Gasteiger charge is -2.10. The molecule has 0 unspecified atom stereocenters. The lowest BCUT2D eigenvalue weighted by atomic mass is 10.1. The predicted molar refractivity (Wildman–Crippen MR) is 207 cm³/mol. The molecule has 0 bridgehead atoms. The zero-order valence-electron chi connectivity index (χ0n) is 32.4. The van der Waals surface area contributed by atoms with Gasteiger partial charge in [0.2, 0.25) is 0 Å². The second-order valence-corrected chi connectivity index (χ2v) is 14.4. The van der Waals surface area contributed by atoms with Crippen LogP contribution in [0, 0.1) is 5.92 Å². The number of anilines is 3. The third kappa shape index (κ3) is 13.6. The number of nitrogens with one attached hydrogen (secondary N) is 4. The number of ether oxygens (including phenoxy) is 1. The number of carboxylic acids is 1. The molecule has 57 heavy (non-hydrogen) atoms. The number of aliphatic carboxylic acids is 1. The number of hydrogen-bond acceptors (Lipinski definition) is 10. The van der Waals surface area contributed by atoms with E-state index in [-0.39, 0.29) is 17.3 Å². The number of amides is 4. The quantitative estimate of drug-likeness (QED) is 0.0777. The highest BCUT2D eigenvalue weighted by Crippen LogP contribution is 2.27. The first-order chi connectivity index (χ1) is 26.7. The van der Waals surface area contributed by atoms with Crippen LogP contribution in [0.25, 0.3) is 0 Å². The number of carbonyl (C=O) groups excluding carboxylic acids is 5. The van der Waals surface area contributed by atoms with Crippen LogP contribution in [0.1, 0.15) is 83.7 Å².